The van der Waals surface area contributed by atoms with Crippen molar-refractivity contribution in [2.24, 2.45) is 0 Å². The van der Waals surface area contributed by atoms with Gasteiger partial charge in [-0.15, -0.1) is 0 Å². The van der Waals surface area contributed by atoms with Gasteiger partial charge >= 0.3 is 0 Å². The first-order valence-corrected chi connectivity index (χ1v) is 10.9. The molecule has 3 rings (SSSR count). The topological polar surface area (TPSA) is 79.5 Å². The number of hydrogen-bond donors (Lipinski definition) is 3. The van der Waals surface area contributed by atoms with E-state index in [1.807, 2.05) is 38.1 Å². The zero-order chi connectivity index (χ0) is 23.6. The smallest absolute Gasteiger partial charge is 0.257 e. The number of thiocarbonyl (C=S) groups is 1. The molecule has 6 nitrogen and oxygen atoms in total. The lowest BCUT2D eigenvalue weighted by Crippen LogP contribution is -2.33. The lowest BCUT2D eigenvalue weighted by atomic mass is 10.1. The zero-order valence-corrected chi connectivity index (χ0v) is 19.2. The molecule has 3 aromatic carbocycles. The first kappa shape index (κ1) is 23.7. The molecule has 0 spiro atoms. The third-order valence-corrected chi connectivity index (χ3v) is 4.79. The summed E-state index contributed by atoms with van der Waals surface area (Å²) in [5.41, 5.74) is 3.56. The molecular weight excluding hydrogens is 434 g/mol. The second-order valence-corrected chi connectivity index (χ2v) is 7.55. The molecule has 0 atom stereocenters. The van der Waals surface area contributed by atoms with E-state index in [-0.39, 0.29) is 16.9 Å². The Kier molecular flexibility index (Phi) is 8.32. The van der Waals surface area contributed by atoms with Gasteiger partial charge in [-0.3, -0.25) is 14.9 Å². The summed E-state index contributed by atoms with van der Waals surface area (Å²) >= 11 is 5.25. The van der Waals surface area contributed by atoms with E-state index in [0.29, 0.717) is 23.5 Å². The van der Waals surface area contributed by atoms with Gasteiger partial charge in [0.25, 0.3) is 5.91 Å². The number of rotatable bonds is 7. The molecule has 0 heterocycles. The van der Waals surface area contributed by atoms with E-state index < -0.39 is 0 Å². The van der Waals surface area contributed by atoms with Crippen LogP contribution in [0.3, 0.4) is 0 Å². The Morgan fingerprint density at radius 1 is 0.939 bits per heavy atom. The molecule has 168 valence electrons. The van der Waals surface area contributed by atoms with Gasteiger partial charge in [0.05, 0.1) is 17.9 Å². The van der Waals surface area contributed by atoms with Gasteiger partial charge in [-0.05, 0) is 74.1 Å². The fourth-order valence-corrected chi connectivity index (χ4v) is 3.16. The summed E-state index contributed by atoms with van der Waals surface area (Å²) < 4.78 is 5.42. The Hall–Kier alpha value is -3.97. The van der Waals surface area contributed by atoms with Gasteiger partial charge in [-0.2, -0.15) is 0 Å². The number of nitrogens with one attached hydrogen (secondary N) is 3. The van der Waals surface area contributed by atoms with Crippen LogP contribution < -0.4 is 20.7 Å². The maximum atomic E-state index is 12.8. The second-order valence-electron chi connectivity index (χ2n) is 7.14. The molecule has 3 aromatic rings. The third kappa shape index (κ3) is 7.29. The van der Waals surface area contributed by atoms with Crippen LogP contribution >= 0.6 is 12.2 Å². The third-order valence-electron chi connectivity index (χ3n) is 4.58. The molecule has 0 radical (unpaired) electrons. The number of ether oxygens (including phenoxy) is 1. The highest BCUT2D eigenvalue weighted by molar-refractivity contribution is 7.80. The monoisotopic (exact) mass is 459 g/mol. The summed E-state index contributed by atoms with van der Waals surface area (Å²) in [4.78, 5) is 25.0. The first-order chi connectivity index (χ1) is 15.9. The largest absolute Gasteiger partial charge is 0.494 e. The van der Waals surface area contributed by atoms with E-state index in [2.05, 4.69) is 16.0 Å². The maximum absolute atomic E-state index is 12.8. The molecule has 0 saturated carbocycles. The van der Waals surface area contributed by atoms with Gasteiger partial charge in [0.15, 0.2) is 5.11 Å². The average molecular weight is 460 g/mol. The highest BCUT2D eigenvalue weighted by Crippen LogP contribution is 2.19. The minimum absolute atomic E-state index is 0.0925. The SMILES string of the molecule is CCOc1ccc(NC(=O)c2ccccc2NC(=S)NC(=O)C=Cc2ccc(C)cc2)cc1. The lowest BCUT2D eigenvalue weighted by molar-refractivity contribution is -0.115. The van der Waals surface area contributed by atoms with E-state index in [1.165, 1.54) is 6.08 Å². The van der Waals surface area contributed by atoms with Crippen molar-refractivity contribution >= 4 is 46.6 Å². The summed E-state index contributed by atoms with van der Waals surface area (Å²) in [6.45, 7) is 4.48. The number of aryl methyl sites for hydroxylation is 1. The number of anilines is 2. The van der Waals surface area contributed by atoms with E-state index >= 15 is 0 Å². The number of carbonyl (C=O) groups excluding carboxylic acids is 2. The van der Waals surface area contributed by atoms with Crippen molar-refractivity contribution < 1.29 is 14.3 Å². The summed E-state index contributed by atoms with van der Waals surface area (Å²) in [7, 11) is 0. The fraction of sp³-hybridized carbons (Fsp3) is 0.115. The number of para-hydroxylation sites is 1. The normalized spacial score (nSPS) is 10.5. The Morgan fingerprint density at radius 3 is 2.33 bits per heavy atom. The maximum Gasteiger partial charge on any atom is 0.257 e. The molecule has 0 saturated heterocycles. The van der Waals surface area contributed by atoms with Crippen molar-refractivity contribution in [3.8, 4) is 5.75 Å². The predicted molar refractivity (Wildman–Crippen MR) is 137 cm³/mol. The number of hydrogen-bond acceptors (Lipinski definition) is 4. The molecule has 0 aliphatic rings. The van der Waals surface area contributed by atoms with Gasteiger partial charge in [0.2, 0.25) is 5.91 Å². The van der Waals surface area contributed by atoms with E-state index in [9.17, 15) is 9.59 Å². The first-order valence-electron chi connectivity index (χ1n) is 10.4. The van der Waals surface area contributed by atoms with Gasteiger partial charge in [0, 0.05) is 11.8 Å². The molecule has 33 heavy (non-hydrogen) atoms. The minimum Gasteiger partial charge on any atom is -0.494 e. The fourth-order valence-electron chi connectivity index (χ4n) is 2.95. The van der Waals surface area contributed by atoms with Crippen molar-refractivity contribution in [3.63, 3.8) is 0 Å². The summed E-state index contributed by atoms with van der Waals surface area (Å²) in [5.74, 6) is 0.0510. The van der Waals surface area contributed by atoms with Crippen molar-refractivity contribution in [2.75, 3.05) is 17.2 Å². The van der Waals surface area contributed by atoms with Crippen molar-refractivity contribution in [1.82, 2.24) is 5.32 Å². The summed E-state index contributed by atoms with van der Waals surface area (Å²) in [5, 5.41) is 8.46. The molecule has 0 fully saturated rings. The standard InChI is InChI=1S/C26H25N3O3S/c1-3-32-21-15-13-20(14-16-21)27-25(31)22-6-4-5-7-23(22)28-26(33)29-24(30)17-12-19-10-8-18(2)9-11-19/h4-17H,3H2,1-2H3,(H,27,31)(H2,28,29,30,33). The van der Waals surface area contributed by atoms with Crippen LogP contribution in [-0.4, -0.2) is 23.5 Å². The Bertz CT molecular complexity index is 1160. The Balaban J connectivity index is 1.60. The molecule has 3 N–H and O–H groups in total. The average Bonchev–Trinajstić information content (AvgIpc) is 2.80. The van der Waals surface area contributed by atoms with Gasteiger partial charge in [0.1, 0.15) is 5.75 Å². The van der Waals surface area contributed by atoms with Crippen molar-refractivity contribution in [2.45, 2.75) is 13.8 Å². The summed E-state index contributed by atoms with van der Waals surface area (Å²) in [6.07, 6.45) is 3.11. The van der Waals surface area contributed by atoms with Crippen LogP contribution in [0.25, 0.3) is 6.08 Å². The molecule has 0 aromatic heterocycles. The highest BCUT2D eigenvalue weighted by atomic mass is 32.1. The molecule has 0 unspecified atom stereocenters. The quantitative estimate of drug-likeness (QED) is 0.335. The van der Waals surface area contributed by atoms with E-state index in [0.717, 1.165) is 16.9 Å². The molecule has 2 amide bonds. The number of benzene rings is 3. The second kappa shape index (κ2) is 11.6. The Labute approximate surface area is 198 Å². The van der Waals surface area contributed by atoms with Crippen LogP contribution in [-0.2, 0) is 4.79 Å². The van der Waals surface area contributed by atoms with Crippen LogP contribution in [0.4, 0.5) is 11.4 Å². The van der Waals surface area contributed by atoms with Crippen LogP contribution in [0, 0.1) is 6.92 Å². The lowest BCUT2D eigenvalue weighted by Gasteiger charge is -2.13. The van der Waals surface area contributed by atoms with Gasteiger partial charge in [-0.1, -0.05) is 42.0 Å². The molecule has 0 aliphatic carbocycles. The van der Waals surface area contributed by atoms with Crippen LogP contribution in [0.15, 0.2) is 78.9 Å². The van der Waals surface area contributed by atoms with Crippen molar-refractivity contribution in [1.29, 1.82) is 0 Å². The zero-order valence-electron chi connectivity index (χ0n) is 18.4. The summed E-state index contributed by atoms with van der Waals surface area (Å²) in [6, 6.07) is 21.8. The minimum atomic E-state index is -0.371. The Morgan fingerprint density at radius 2 is 1.64 bits per heavy atom. The van der Waals surface area contributed by atoms with Crippen LogP contribution in [0.5, 0.6) is 5.75 Å². The highest BCUT2D eigenvalue weighted by Gasteiger charge is 2.13. The van der Waals surface area contributed by atoms with Gasteiger partial charge < -0.3 is 15.4 Å². The van der Waals surface area contributed by atoms with Crippen molar-refractivity contribution in [3.05, 3.63) is 95.6 Å². The van der Waals surface area contributed by atoms with E-state index in [4.69, 9.17) is 17.0 Å². The predicted octanol–water partition coefficient (Wildman–Crippen LogP) is 5.17. The molecular formula is C26H25N3O3S. The van der Waals surface area contributed by atoms with Crippen LogP contribution in [0.1, 0.15) is 28.4 Å². The number of amides is 2. The molecule has 0 bridgehead atoms. The van der Waals surface area contributed by atoms with E-state index in [1.54, 1.807) is 54.6 Å². The van der Waals surface area contributed by atoms with Gasteiger partial charge in [-0.25, -0.2) is 0 Å². The van der Waals surface area contributed by atoms with Crippen LogP contribution in [0.2, 0.25) is 0 Å². The molecule has 0 aliphatic heterocycles. The molecule has 7 heteroatoms. The number of carbonyl (C=O) groups is 2.